The fourth-order valence-corrected chi connectivity index (χ4v) is 2.73. The molecular weight excluding hydrogens is 269 g/mol. The van der Waals surface area contributed by atoms with Crippen LogP contribution in [0.1, 0.15) is 25.7 Å². The molecule has 2 rings (SSSR count). The minimum absolute atomic E-state index is 0.519. The maximum absolute atomic E-state index is 6.08. The quantitative estimate of drug-likeness (QED) is 0.900. The van der Waals surface area contributed by atoms with Crippen LogP contribution in [-0.2, 0) is 0 Å². The summed E-state index contributed by atoms with van der Waals surface area (Å²) >= 11 is 12.0. The third-order valence-corrected chi connectivity index (χ3v) is 4.24. The van der Waals surface area contributed by atoms with E-state index >= 15 is 0 Å². The smallest absolute Gasteiger partial charge is 0.139 e. The first-order valence-corrected chi connectivity index (χ1v) is 7.43. The third kappa shape index (κ3) is 4.04. The van der Waals surface area contributed by atoms with Crippen molar-refractivity contribution in [3.63, 3.8) is 0 Å². The van der Waals surface area contributed by atoms with Crippen LogP contribution in [0.25, 0.3) is 0 Å². The lowest BCUT2D eigenvalue weighted by Crippen LogP contribution is -3.12. The largest absolute Gasteiger partial charge is 0.486 e. The Morgan fingerprint density at radius 2 is 1.78 bits per heavy atom. The highest BCUT2D eigenvalue weighted by Gasteiger charge is 2.12. The fourth-order valence-electron chi connectivity index (χ4n) is 2.38. The van der Waals surface area contributed by atoms with Crippen molar-refractivity contribution in [1.29, 1.82) is 0 Å². The van der Waals surface area contributed by atoms with Gasteiger partial charge in [-0.15, -0.1) is 0 Å². The molecule has 0 spiro atoms. The van der Waals surface area contributed by atoms with Gasteiger partial charge in [-0.1, -0.05) is 29.3 Å². The van der Waals surface area contributed by atoms with Crippen molar-refractivity contribution in [3.05, 3.63) is 28.2 Å². The van der Waals surface area contributed by atoms with Crippen molar-refractivity contribution in [2.24, 2.45) is 0 Å². The number of hydrogen-bond acceptors (Lipinski definition) is 1. The van der Waals surface area contributed by atoms with Crippen LogP contribution in [0, 0.1) is 0 Å². The van der Waals surface area contributed by atoms with Gasteiger partial charge in [0.15, 0.2) is 0 Å². The Labute approximate surface area is 119 Å². The van der Waals surface area contributed by atoms with Crippen molar-refractivity contribution in [1.82, 2.24) is 0 Å². The maximum Gasteiger partial charge on any atom is 0.139 e. The lowest BCUT2D eigenvalue weighted by molar-refractivity contribution is -0.899. The van der Waals surface area contributed by atoms with E-state index in [1.165, 1.54) is 38.8 Å². The predicted octanol–water partition coefficient (Wildman–Crippen LogP) is 2.83. The van der Waals surface area contributed by atoms with E-state index in [4.69, 9.17) is 27.9 Å². The van der Waals surface area contributed by atoms with Gasteiger partial charge in [0, 0.05) is 0 Å². The molecule has 1 aromatic rings. The lowest BCUT2D eigenvalue weighted by Gasteiger charge is -2.17. The van der Waals surface area contributed by atoms with E-state index in [9.17, 15) is 0 Å². The Balaban J connectivity index is 1.79. The monoisotopic (exact) mass is 288 g/mol. The molecule has 1 aliphatic rings. The van der Waals surface area contributed by atoms with Gasteiger partial charge in [-0.05, 0) is 37.8 Å². The van der Waals surface area contributed by atoms with Crippen molar-refractivity contribution < 1.29 is 9.64 Å². The highest BCUT2D eigenvalue weighted by atomic mass is 35.5. The van der Waals surface area contributed by atoms with Gasteiger partial charge in [0.05, 0.1) is 18.1 Å². The maximum atomic E-state index is 6.08. The molecule has 1 aromatic carbocycles. The summed E-state index contributed by atoms with van der Waals surface area (Å²) in [6.45, 7) is 4.29. The number of quaternary nitrogens is 1. The zero-order chi connectivity index (χ0) is 12.8. The topological polar surface area (TPSA) is 13.7 Å². The van der Waals surface area contributed by atoms with E-state index < -0.39 is 0 Å². The number of hydrogen-bond donors (Lipinski definition) is 1. The Morgan fingerprint density at radius 1 is 1.06 bits per heavy atom. The van der Waals surface area contributed by atoms with Crippen LogP contribution in [0.3, 0.4) is 0 Å². The van der Waals surface area contributed by atoms with E-state index in [-0.39, 0.29) is 0 Å². The zero-order valence-electron chi connectivity index (χ0n) is 10.6. The lowest BCUT2D eigenvalue weighted by atomic mass is 10.2. The minimum Gasteiger partial charge on any atom is -0.486 e. The standard InChI is InChI=1S/C14H19Cl2NO/c15-12-6-5-7-13(14(12)16)18-11-10-17-8-3-1-2-4-9-17/h5-7H,1-4,8-11H2/p+1. The molecule has 0 saturated carbocycles. The van der Waals surface area contributed by atoms with Gasteiger partial charge in [-0.25, -0.2) is 0 Å². The first kappa shape index (κ1) is 14.0. The molecule has 2 nitrogen and oxygen atoms in total. The van der Waals surface area contributed by atoms with Gasteiger partial charge in [-0.2, -0.15) is 0 Å². The summed E-state index contributed by atoms with van der Waals surface area (Å²) in [6, 6.07) is 5.51. The molecule has 1 fully saturated rings. The predicted molar refractivity (Wildman–Crippen MR) is 76.0 cm³/mol. The van der Waals surface area contributed by atoms with E-state index in [1.54, 1.807) is 11.0 Å². The second-order valence-corrected chi connectivity index (χ2v) is 5.60. The first-order valence-electron chi connectivity index (χ1n) is 6.68. The van der Waals surface area contributed by atoms with Crippen LogP contribution in [0.15, 0.2) is 18.2 Å². The van der Waals surface area contributed by atoms with Crippen molar-refractivity contribution in [3.8, 4) is 5.75 Å². The zero-order valence-corrected chi connectivity index (χ0v) is 12.1. The Hall–Kier alpha value is -0.440. The van der Waals surface area contributed by atoms with E-state index in [0.717, 1.165) is 6.54 Å². The molecule has 0 aromatic heterocycles. The number of benzene rings is 1. The number of ether oxygens (including phenoxy) is 1. The van der Waals surface area contributed by atoms with Gasteiger partial charge in [0.2, 0.25) is 0 Å². The van der Waals surface area contributed by atoms with Crippen LogP contribution in [0.2, 0.25) is 10.0 Å². The summed E-state index contributed by atoms with van der Waals surface area (Å²) in [4.78, 5) is 1.64. The molecular formula is C14H20Cl2NO+. The molecule has 0 atom stereocenters. The van der Waals surface area contributed by atoms with Crippen LogP contribution in [-0.4, -0.2) is 26.2 Å². The summed E-state index contributed by atoms with van der Waals surface area (Å²) in [7, 11) is 0. The van der Waals surface area contributed by atoms with Crippen LogP contribution < -0.4 is 9.64 Å². The first-order chi connectivity index (χ1) is 8.77. The molecule has 1 N–H and O–H groups in total. The van der Waals surface area contributed by atoms with Crippen molar-refractivity contribution >= 4 is 23.2 Å². The van der Waals surface area contributed by atoms with Crippen molar-refractivity contribution in [2.45, 2.75) is 25.7 Å². The molecule has 0 radical (unpaired) electrons. The normalized spacial score (nSPS) is 17.4. The van der Waals surface area contributed by atoms with Gasteiger partial charge in [0.25, 0.3) is 0 Å². The number of likely N-dealkylation sites (tertiary alicyclic amines) is 1. The summed E-state index contributed by atoms with van der Waals surface area (Å²) in [6.07, 6.45) is 5.44. The van der Waals surface area contributed by atoms with E-state index in [0.29, 0.717) is 22.4 Å². The Morgan fingerprint density at radius 3 is 2.50 bits per heavy atom. The molecule has 1 heterocycles. The van der Waals surface area contributed by atoms with Gasteiger partial charge in [-0.3, -0.25) is 0 Å². The van der Waals surface area contributed by atoms with Crippen LogP contribution >= 0.6 is 23.2 Å². The molecule has 100 valence electrons. The van der Waals surface area contributed by atoms with Crippen LogP contribution in [0.5, 0.6) is 5.75 Å². The summed E-state index contributed by atoms with van der Waals surface area (Å²) < 4.78 is 5.72. The van der Waals surface area contributed by atoms with Crippen LogP contribution in [0.4, 0.5) is 0 Å². The molecule has 18 heavy (non-hydrogen) atoms. The molecule has 0 bridgehead atoms. The number of nitrogens with one attached hydrogen (secondary N) is 1. The van der Waals surface area contributed by atoms with Gasteiger partial charge < -0.3 is 9.64 Å². The average molecular weight is 289 g/mol. The summed E-state index contributed by atoms with van der Waals surface area (Å²) in [5.74, 6) is 0.693. The molecule has 0 amide bonds. The minimum atomic E-state index is 0.519. The summed E-state index contributed by atoms with van der Waals surface area (Å²) in [5, 5.41) is 1.07. The SMILES string of the molecule is Clc1cccc(OCC[NH+]2CCCCCC2)c1Cl. The Bertz CT molecular complexity index is 376. The summed E-state index contributed by atoms with van der Waals surface area (Å²) in [5.41, 5.74) is 0. The molecule has 0 unspecified atom stereocenters. The molecule has 0 aliphatic carbocycles. The van der Waals surface area contributed by atoms with Gasteiger partial charge in [0.1, 0.15) is 23.9 Å². The fraction of sp³-hybridized carbons (Fsp3) is 0.571. The van der Waals surface area contributed by atoms with E-state index in [2.05, 4.69) is 0 Å². The highest BCUT2D eigenvalue weighted by molar-refractivity contribution is 6.42. The van der Waals surface area contributed by atoms with Gasteiger partial charge >= 0.3 is 0 Å². The molecule has 1 saturated heterocycles. The molecule has 4 heteroatoms. The second kappa shape index (κ2) is 7.22. The highest BCUT2D eigenvalue weighted by Crippen LogP contribution is 2.31. The third-order valence-electron chi connectivity index (χ3n) is 3.44. The Kier molecular flexibility index (Phi) is 5.61. The number of rotatable bonds is 4. The number of halogens is 2. The molecule has 1 aliphatic heterocycles. The second-order valence-electron chi connectivity index (χ2n) is 4.81. The van der Waals surface area contributed by atoms with Crippen molar-refractivity contribution in [2.75, 3.05) is 26.2 Å². The average Bonchev–Trinajstić information content (AvgIpc) is 2.63. The van der Waals surface area contributed by atoms with E-state index in [1.807, 2.05) is 12.1 Å².